The molecule has 0 saturated heterocycles. The van der Waals surface area contributed by atoms with Crippen LogP contribution in [0.1, 0.15) is 12.6 Å². The van der Waals surface area contributed by atoms with Crippen molar-refractivity contribution >= 4 is 27.5 Å². The Bertz CT molecular complexity index is 861. The SMILES string of the molecule is CCOC(=O)C(N)Cc1c(-c2ccccc2)nc2ccc(Br)cn12. The number of nitrogens with two attached hydrogens (primary N) is 1. The number of carbonyl (C=O) groups is 1. The van der Waals surface area contributed by atoms with Crippen molar-refractivity contribution in [3.05, 3.63) is 58.8 Å². The lowest BCUT2D eigenvalue weighted by molar-refractivity contribution is -0.144. The van der Waals surface area contributed by atoms with Gasteiger partial charge in [-0.25, -0.2) is 4.98 Å². The fourth-order valence-electron chi connectivity index (χ4n) is 2.63. The van der Waals surface area contributed by atoms with Crippen LogP contribution in [0.3, 0.4) is 0 Å². The van der Waals surface area contributed by atoms with Crippen molar-refractivity contribution < 1.29 is 9.53 Å². The summed E-state index contributed by atoms with van der Waals surface area (Å²) in [6, 6.07) is 13.0. The lowest BCUT2D eigenvalue weighted by atomic mass is 10.1. The van der Waals surface area contributed by atoms with Crippen LogP contribution in [0.5, 0.6) is 0 Å². The molecule has 6 heteroatoms. The monoisotopic (exact) mass is 387 g/mol. The lowest BCUT2D eigenvalue weighted by Gasteiger charge is -2.12. The molecule has 1 atom stereocenters. The first-order valence-electron chi connectivity index (χ1n) is 7.74. The first-order valence-corrected chi connectivity index (χ1v) is 8.53. The van der Waals surface area contributed by atoms with E-state index in [0.717, 1.165) is 27.1 Å². The average molecular weight is 388 g/mol. The number of imidazole rings is 1. The first-order chi connectivity index (χ1) is 11.6. The maximum Gasteiger partial charge on any atom is 0.323 e. The first kappa shape index (κ1) is 16.7. The molecule has 1 aromatic carbocycles. The third-order valence-electron chi connectivity index (χ3n) is 3.73. The molecule has 124 valence electrons. The molecule has 3 rings (SSSR count). The van der Waals surface area contributed by atoms with Gasteiger partial charge >= 0.3 is 5.97 Å². The van der Waals surface area contributed by atoms with Gasteiger partial charge in [-0.2, -0.15) is 0 Å². The van der Waals surface area contributed by atoms with Crippen LogP contribution in [0.15, 0.2) is 53.1 Å². The van der Waals surface area contributed by atoms with E-state index in [-0.39, 0.29) is 0 Å². The molecule has 0 radical (unpaired) electrons. The molecule has 5 nitrogen and oxygen atoms in total. The van der Waals surface area contributed by atoms with Crippen LogP contribution < -0.4 is 5.73 Å². The highest BCUT2D eigenvalue weighted by molar-refractivity contribution is 9.10. The maximum atomic E-state index is 11.9. The highest BCUT2D eigenvalue weighted by Crippen LogP contribution is 2.26. The Morgan fingerprint density at radius 1 is 1.29 bits per heavy atom. The Hall–Kier alpha value is -2.18. The summed E-state index contributed by atoms with van der Waals surface area (Å²) in [6.07, 6.45) is 2.28. The Kier molecular flexibility index (Phi) is 4.97. The van der Waals surface area contributed by atoms with Gasteiger partial charge < -0.3 is 14.9 Å². The van der Waals surface area contributed by atoms with Gasteiger partial charge in [-0.1, -0.05) is 30.3 Å². The number of benzene rings is 1. The van der Waals surface area contributed by atoms with E-state index in [2.05, 4.69) is 15.9 Å². The number of ether oxygens (including phenoxy) is 1. The van der Waals surface area contributed by atoms with Crippen LogP contribution in [0, 0.1) is 0 Å². The molecule has 2 N–H and O–H groups in total. The minimum atomic E-state index is -0.730. The highest BCUT2D eigenvalue weighted by Gasteiger charge is 2.21. The van der Waals surface area contributed by atoms with Crippen LogP contribution in [0.4, 0.5) is 0 Å². The summed E-state index contributed by atoms with van der Waals surface area (Å²) in [7, 11) is 0. The van der Waals surface area contributed by atoms with Crippen molar-refractivity contribution in [2.75, 3.05) is 6.61 Å². The number of pyridine rings is 1. The molecule has 0 bridgehead atoms. The van der Waals surface area contributed by atoms with E-state index in [4.69, 9.17) is 15.5 Å². The van der Waals surface area contributed by atoms with Crippen molar-refractivity contribution in [1.82, 2.24) is 9.38 Å². The second-order valence-electron chi connectivity index (χ2n) is 5.41. The smallest absolute Gasteiger partial charge is 0.323 e. The van der Waals surface area contributed by atoms with E-state index >= 15 is 0 Å². The predicted octanol–water partition coefficient (Wildman–Crippen LogP) is 3.20. The quantitative estimate of drug-likeness (QED) is 0.682. The Labute approximate surface area is 148 Å². The van der Waals surface area contributed by atoms with Gasteiger partial charge in [-0.05, 0) is 35.0 Å². The molecule has 0 aliphatic heterocycles. The summed E-state index contributed by atoms with van der Waals surface area (Å²) in [5.74, 6) is -0.401. The molecule has 2 heterocycles. The lowest BCUT2D eigenvalue weighted by Crippen LogP contribution is -2.34. The maximum absolute atomic E-state index is 11.9. The molecule has 0 spiro atoms. The summed E-state index contributed by atoms with van der Waals surface area (Å²) < 4.78 is 7.92. The topological polar surface area (TPSA) is 69.6 Å². The van der Waals surface area contributed by atoms with Gasteiger partial charge in [0.15, 0.2) is 0 Å². The number of hydrogen-bond acceptors (Lipinski definition) is 4. The van der Waals surface area contributed by atoms with Crippen molar-refractivity contribution in [3.8, 4) is 11.3 Å². The van der Waals surface area contributed by atoms with Crippen LogP contribution >= 0.6 is 15.9 Å². The zero-order chi connectivity index (χ0) is 17.1. The van der Waals surface area contributed by atoms with Gasteiger partial charge in [0.2, 0.25) is 0 Å². The average Bonchev–Trinajstić information content (AvgIpc) is 2.94. The predicted molar refractivity (Wildman–Crippen MR) is 96.6 cm³/mol. The molecule has 0 fully saturated rings. The summed E-state index contributed by atoms with van der Waals surface area (Å²) in [6.45, 7) is 2.09. The van der Waals surface area contributed by atoms with E-state index in [9.17, 15) is 4.79 Å². The van der Waals surface area contributed by atoms with Gasteiger partial charge in [-0.3, -0.25) is 4.79 Å². The molecule has 0 aliphatic rings. The van der Waals surface area contributed by atoms with Crippen LogP contribution in [0.2, 0.25) is 0 Å². The molecular weight excluding hydrogens is 370 g/mol. The normalized spacial score (nSPS) is 12.3. The third kappa shape index (κ3) is 3.34. The number of aromatic nitrogens is 2. The zero-order valence-corrected chi connectivity index (χ0v) is 14.9. The fraction of sp³-hybridized carbons (Fsp3) is 0.222. The summed E-state index contributed by atoms with van der Waals surface area (Å²) in [5, 5.41) is 0. The number of carbonyl (C=O) groups excluding carboxylic acids is 1. The molecule has 3 aromatic rings. The molecule has 0 amide bonds. The number of halogens is 1. The van der Waals surface area contributed by atoms with Crippen LogP contribution in [-0.4, -0.2) is 28.0 Å². The molecule has 2 aromatic heterocycles. The Morgan fingerprint density at radius 2 is 2.04 bits per heavy atom. The largest absolute Gasteiger partial charge is 0.465 e. The summed E-state index contributed by atoms with van der Waals surface area (Å²) in [4.78, 5) is 16.7. The van der Waals surface area contributed by atoms with Gasteiger partial charge in [-0.15, -0.1) is 0 Å². The Balaban J connectivity index is 2.09. The van der Waals surface area contributed by atoms with E-state index < -0.39 is 12.0 Å². The molecule has 0 saturated carbocycles. The highest BCUT2D eigenvalue weighted by atomic mass is 79.9. The number of nitrogens with zero attached hydrogens (tertiary/aromatic N) is 2. The minimum Gasteiger partial charge on any atom is -0.465 e. The standard InChI is InChI=1S/C18H18BrN3O2/c1-2-24-18(23)14(20)10-15-17(12-6-4-3-5-7-12)21-16-9-8-13(19)11-22(15)16/h3-9,11,14H,2,10,20H2,1H3. The van der Waals surface area contributed by atoms with Crippen molar-refractivity contribution in [2.24, 2.45) is 5.73 Å². The summed E-state index contributed by atoms with van der Waals surface area (Å²) >= 11 is 3.48. The number of rotatable bonds is 5. The minimum absolute atomic E-state index is 0.316. The van der Waals surface area contributed by atoms with Gasteiger partial charge in [0.25, 0.3) is 0 Å². The molecule has 1 unspecified atom stereocenters. The van der Waals surface area contributed by atoms with Crippen LogP contribution in [-0.2, 0) is 16.0 Å². The number of esters is 1. The van der Waals surface area contributed by atoms with Crippen molar-refractivity contribution in [3.63, 3.8) is 0 Å². The number of hydrogen-bond donors (Lipinski definition) is 1. The summed E-state index contributed by atoms with van der Waals surface area (Å²) in [5.41, 5.74) is 9.56. The zero-order valence-electron chi connectivity index (χ0n) is 13.3. The van der Waals surface area contributed by atoms with E-state index in [0.29, 0.717) is 13.0 Å². The van der Waals surface area contributed by atoms with E-state index in [1.54, 1.807) is 6.92 Å². The molecule has 0 aliphatic carbocycles. The van der Waals surface area contributed by atoms with E-state index in [1.807, 2.05) is 53.1 Å². The van der Waals surface area contributed by atoms with Gasteiger partial charge in [0.05, 0.1) is 18.0 Å². The third-order valence-corrected chi connectivity index (χ3v) is 4.20. The fourth-order valence-corrected chi connectivity index (χ4v) is 2.97. The Morgan fingerprint density at radius 3 is 2.75 bits per heavy atom. The second-order valence-corrected chi connectivity index (χ2v) is 6.33. The van der Waals surface area contributed by atoms with Crippen molar-refractivity contribution in [1.29, 1.82) is 0 Å². The second kappa shape index (κ2) is 7.15. The number of fused-ring (bicyclic) bond motifs is 1. The molecule has 24 heavy (non-hydrogen) atoms. The van der Waals surface area contributed by atoms with Crippen LogP contribution in [0.25, 0.3) is 16.9 Å². The molecular formula is C18H18BrN3O2. The van der Waals surface area contributed by atoms with Gasteiger partial charge in [0, 0.05) is 22.7 Å². The van der Waals surface area contributed by atoms with Gasteiger partial charge in [0.1, 0.15) is 11.7 Å². The van der Waals surface area contributed by atoms with E-state index in [1.165, 1.54) is 0 Å². The van der Waals surface area contributed by atoms with Crippen molar-refractivity contribution in [2.45, 2.75) is 19.4 Å².